The van der Waals surface area contributed by atoms with Gasteiger partial charge in [-0.25, -0.2) is 10.9 Å². The van der Waals surface area contributed by atoms with Crippen LogP contribution in [0, 0.1) is 0 Å². The molecule has 2 aliphatic heterocycles. The number of carbonyl (C=O) groups is 1. The molecule has 1 saturated heterocycles. The van der Waals surface area contributed by atoms with Gasteiger partial charge in [0.25, 0.3) is 5.91 Å². The van der Waals surface area contributed by atoms with Crippen molar-refractivity contribution in [3.8, 4) is 16.9 Å². The fraction of sp³-hybridized carbons (Fsp3) is 0.0588. The van der Waals surface area contributed by atoms with Crippen LogP contribution in [0.15, 0.2) is 59.3 Å². The molecular formula is C17H13N3O2S2. The number of rotatable bonds is 1. The number of hydrazine groups is 1. The van der Waals surface area contributed by atoms with Gasteiger partial charge in [0.1, 0.15) is 4.91 Å². The van der Waals surface area contributed by atoms with E-state index in [2.05, 4.69) is 12.1 Å². The van der Waals surface area contributed by atoms with Crippen molar-refractivity contribution < 1.29 is 9.53 Å². The quantitative estimate of drug-likeness (QED) is 0.367. The fourth-order valence-electron chi connectivity index (χ4n) is 2.66. The van der Waals surface area contributed by atoms with E-state index in [0.717, 1.165) is 33.6 Å². The Labute approximate surface area is 148 Å². The predicted molar refractivity (Wildman–Crippen MR) is 99.2 cm³/mol. The predicted octanol–water partition coefficient (Wildman–Crippen LogP) is 3.09. The SMILES string of the molecule is CN1/C(=C2\SC(=S)N(N)C2=O)Oc2ccc(-c3ccccc3)cc21. The topological polar surface area (TPSA) is 58.8 Å². The van der Waals surface area contributed by atoms with E-state index in [1.165, 1.54) is 0 Å². The number of anilines is 1. The number of thiocarbonyl (C=S) groups is 1. The summed E-state index contributed by atoms with van der Waals surface area (Å²) >= 11 is 6.23. The first kappa shape index (κ1) is 15.2. The lowest BCUT2D eigenvalue weighted by Crippen LogP contribution is -2.35. The third kappa shape index (κ3) is 2.29. The summed E-state index contributed by atoms with van der Waals surface area (Å²) in [6.07, 6.45) is 0. The molecule has 2 aromatic rings. The van der Waals surface area contributed by atoms with Crippen molar-refractivity contribution in [2.24, 2.45) is 5.84 Å². The maximum atomic E-state index is 12.2. The van der Waals surface area contributed by atoms with Crippen LogP contribution in [-0.2, 0) is 4.79 Å². The van der Waals surface area contributed by atoms with E-state index in [1.54, 1.807) is 0 Å². The lowest BCUT2D eigenvalue weighted by atomic mass is 10.0. The number of hydrogen-bond donors (Lipinski definition) is 1. The van der Waals surface area contributed by atoms with Crippen LogP contribution in [0.25, 0.3) is 11.1 Å². The zero-order valence-corrected chi connectivity index (χ0v) is 14.4. The molecule has 0 saturated carbocycles. The fourth-order valence-corrected chi connectivity index (χ4v) is 3.80. The second-order valence-corrected chi connectivity index (χ2v) is 7.03. The number of nitrogens with zero attached hydrogens (tertiary/aromatic N) is 2. The number of hydrogen-bond acceptors (Lipinski definition) is 6. The first-order valence-electron chi connectivity index (χ1n) is 7.22. The second-order valence-electron chi connectivity index (χ2n) is 5.39. The van der Waals surface area contributed by atoms with E-state index in [0.29, 0.717) is 20.9 Å². The molecule has 4 rings (SSSR count). The summed E-state index contributed by atoms with van der Waals surface area (Å²) in [6.45, 7) is 0. The summed E-state index contributed by atoms with van der Waals surface area (Å²) in [4.78, 5) is 14.5. The van der Waals surface area contributed by atoms with Crippen molar-refractivity contribution in [3.05, 3.63) is 59.3 Å². The lowest BCUT2D eigenvalue weighted by molar-refractivity contribution is -0.122. The molecule has 0 bridgehead atoms. The van der Waals surface area contributed by atoms with Crippen LogP contribution < -0.4 is 15.5 Å². The first-order chi connectivity index (χ1) is 11.6. The number of ether oxygens (including phenoxy) is 1. The third-order valence-electron chi connectivity index (χ3n) is 3.93. The average Bonchev–Trinajstić information content (AvgIpc) is 3.07. The minimum Gasteiger partial charge on any atom is -0.437 e. The first-order valence-corrected chi connectivity index (χ1v) is 8.45. The summed E-state index contributed by atoms with van der Waals surface area (Å²) in [7, 11) is 1.86. The van der Waals surface area contributed by atoms with Gasteiger partial charge in [-0.3, -0.25) is 4.79 Å². The molecule has 24 heavy (non-hydrogen) atoms. The van der Waals surface area contributed by atoms with Crippen molar-refractivity contribution in [2.45, 2.75) is 0 Å². The zero-order chi connectivity index (χ0) is 16.8. The summed E-state index contributed by atoms with van der Waals surface area (Å²) in [5.41, 5.74) is 3.10. The maximum absolute atomic E-state index is 12.2. The van der Waals surface area contributed by atoms with E-state index in [-0.39, 0.29) is 5.91 Å². The minimum absolute atomic E-state index is 0.320. The van der Waals surface area contributed by atoms with Gasteiger partial charge < -0.3 is 9.64 Å². The molecule has 5 nitrogen and oxygen atoms in total. The van der Waals surface area contributed by atoms with Crippen molar-refractivity contribution >= 4 is 39.9 Å². The highest BCUT2D eigenvalue weighted by atomic mass is 32.2. The largest absolute Gasteiger partial charge is 0.437 e. The van der Waals surface area contributed by atoms with Crippen LogP contribution in [-0.4, -0.2) is 22.3 Å². The smallest absolute Gasteiger partial charge is 0.286 e. The van der Waals surface area contributed by atoms with Crippen LogP contribution in [0.3, 0.4) is 0 Å². The summed E-state index contributed by atoms with van der Waals surface area (Å²) in [6, 6.07) is 16.0. The normalized spacial score (nSPS) is 19.8. The highest BCUT2D eigenvalue weighted by Crippen LogP contribution is 2.44. The third-order valence-corrected chi connectivity index (χ3v) is 5.30. The molecule has 7 heteroatoms. The van der Waals surface area contributed by atoms with Crippen molar-refractivity contribution in [1.29, 1.82) is 0 Å². The molecule has 2 aromatic carbocycles. The Hall–Kier alpha value is -2.35. The van der Waals surface area contributed by atoms with Gasteiger partial charge in [-0.1, -0.05) is 48.6 Å². The molecular weight excluding hydrogens is 342 g/mol. The van der Waals surface area contributed by atoms with Crippen molar-refractivity contribution in [1.82, 2.24) is 5.01 Å². The van der Waals surface area contributed by atoms with Crippen LogP contribution in [0.4, 0.5) is 5.69 Å². The van der Waals surface area contributed by atoms with Crippen LogP contribution in [0.5, 0.6) is 5.75 Å². The number of amides is 1. The minimum atomic E-state index is -0.345. The highest BCUT2D eigenvalue weighted by molar-refractivity contribution is 8.26. The molecule has 0 aromatic heterocycles. The van der Waals surface area contributed by atoms with Gasteiger partial charge in [-0.15, -0.1) is 0 Å². The molecule has 1 amide bonds. The Morgan fingerprint density at radius 3 is 2.54 bits per heavy atom. The van der Waals surface area contributed by atoms with Gasteiger partial charge in [0.05, 0.1) is 5.69 Å². The lowest BCUT2D eigenvalue weighted by Gasteiger charge is -2.13. The van der Waals surface area contributed by atoms with E-state index < -0.39 is 0 Å². The number of nitrogens with two attached hydrogens (primary N) is 1. The Balaban J connectivity index is 1.75. The summed E-state index contributed by atoms with van der Waals surface area (Å²) in [5, 5.41) is 0.970. The van der Waals surface area contributed by atoms with E-state index in [4.69, 9.17) is 22.8 Å². The van der Waals surface area contributed by atoms with Gasteiger partial charge in [-0.2, -0.15) is 0 Å². The van der Waals surface area contributed by atoms with Gasteiger partial charge in [0.2, 0.25) is 5.88 Å². The molecule has 0 atom stereocenters. The Bertz CT molecular complexity index is 896. The molecule has 2 heterocycles. The van der Waals surface area contributed by atoms with Crippen LogP contribution in [0.1, 0.15) is 0 Å². The van der Waals surface area contributed by atoms with Crippen LogP contribution in [0.2, 0.25) is 0 Å². The molecule has 1 fully saturated rings. The van der Waals surface area contributed by atoms with Gasteiger partial charge in [0.15, 0.2) is 10.1 Å². The van der Waals surface area contributed by atoms with E-state index in [1.807, 2.05) is 48.3 Å². The van der Waals surface area contributed by atoms with Crippen molar-refractivity contribution in [3.63, 3.8) is 0 Å². The molecule has 2 aliphatic rings. The zero-order valence-electron chi connectivity index (χ0n) is 12.7. The number of carbonyl (C=O) groups excluding carboxylic acids is 1. The second kappa shape index (κ2) is 5.62. The molecule has 0 unspecified atom stereocenters. The molecule has 0 spiro atoms. The average molecular weight is 355 g/mol. The van der Waals surface area contributed by atoms with Gasteiger partial charge in [-0.05, 0) is 35.0 Å². The van der Waals surface area contributed by atoms with Crippen molar-refractivity contribution in [2.75, 3.05) is 11.9 Å². The Kier molecular flexibility index (Phi) is 3.56. The Morgan fingerprint density at radius 1 is 1.12 bits per heavy atom. The van der Waals surface area contributed by atoms with E-state index >= 15 is 0 Å². The monoisotopic (exact) mass is 355 g/mol. The van der Waals surface area contributed by atoms with Gasteiger partial charge in [0, 0.05) is 7.05 Å². The number of fused-ring (bicyclic) bond motifs is 1. The molecule has 0 radical (unpaired) electrons. The Morgan fingerprint density at radius 2 is 1.88 bits per heavy atom. The summed E-state index contributed by atoms with van der Waals surface area (Å²) in [5.74, 6) is 6.46. The molecule has 2 N–H and O–H groups in total. The standard InChI is InChI=1S/C17H13N3O2S2/c1-19-12-9-11(10-5-3-2-4-6-10)7-8-13(12)22-16(19)14-15(21)20(18)17(23)24-14/h2-9H,18H2,1H3/b16-14+. The highest BCUT2D eigenvalue weighted by Gasteiger charge is 2.38. The summed E-state index contributed by atoms with van der Waals surface area (Å²) < 4.78 is 6.20. The molecule has 0 aliphatic carbocycles. The van der Waals surface area contributed by atoms with E-state index in [9.17, 15) is 4.79 Å². The number of benzene rings is 2. The van der Waals surface area contributed by atoms with Gasteiger partial charge >= 0.3 is 0 Å². The number of thioether (sulfide) groups is 1. The van der Waals surface area contributed by atoms with Crippen LogP contribution >= 0.6 is 24.0 Å². The maximum Gasteiger partial charge on any atom is 0.286 e. The molecule has 120 valence electrons.